The summed E-state index contributed by atoms with van der Waals surface area (Å²) in [5, 5.41) is 13.5. The molecule has 1 unspecified atom stereocenters. The van der Waals surface area contributed by atoms with Crippen molar-refractivity contribution in [3.63, 3.8) is 0 Å². The summed E-state index contributed by atoms with van der Waals surface area (Å²) < 4.78 is 8.18. The Hall–Kier alpha value is -3.18. The predicted molar refractivity (Wildman–Crippen MR) is 102 cm³/mol. The molecule has 0 amide bonds. The van der Waals surface area contributed by atoms with E-state index in [0.717, 1.165) is 27.4 Å². The van der Waals surface area contributed by atoms with Crippen LogP contribution in [0, 0.1) is 10.1 Å². The largest absolute Gasteiger partial charge is 0.354 e. The molecule has 5 heteroatoms. The molecule has 0 N–H and O–H groups in total. The maximum atomic E-state index is 11.2. The zero-order valence-corrected chi connectivity index (χ0v) is 14.3. The van der Waals surface area contributed by atoms with Crippen LogP contribution in [-0.4, -0.2) is 16.1 Å². The lowest BCUT2D eigenvalue weighted by molar-refractivity contribution is -0.385. The third-order valence-electron chi connectivity index (χ3n) is 4.54. The first-order valence-electron chi connectivity index (χ1n) is 8.54. The first-order valence-corrected chi connectivity index (χ1v) is 8.54. The molecule has 130 valence electrons. The van der Waals surface area contributed by atoms with Gasteiger partial charge in [0.1, 0.15) is 0 Å². The number of hydrogen-bond acceptors (Lipinski definition) is 3. The van der Waals surface area contributed by atoms with Crippen LogP contribution in [0.5, 0.6) is 0 Å². The highest BCUT2D eigenvalue weighted by atomic mass is 16.6. The second-order valence-corrected chi connectivity index (χ2v) is 6.06. The fourth-order valence-corrected chi connectivity index (χ4v) is 3.48. The van der Waals surface area contributed by atoms with Gasteiger partial charge in [-0.3, -0.25) is 10.1 Å². The second kappa shape index (κ2) is 6.61. The molecule has 0 fully saturated rings. The molecule has 3 aromatic carbocycles. The highest BCUT2D eigenvalue weighted by Gasteiger charge is 2.21. The summed E-state index contributed by atoms with van der Waals surface area (Å²) >= 11 is 0. The van der Waals surface area contributed by atoms with Crippen molar-refractivity contribution in [2.45, 2.75) is 13.2 Å². The molecular weight excluding hydrogens is 328 g/mol. The van der Waals surface area contributed by atoms with Gasteiger partial charge in [-0.25, -0.2) is 0 Å². The average molecular weight is 346 g/mol. The van der Waals surface area contributed by atoms with E-state index in [9.17, 15) is 10.1 Å². The molecular formula is C21H18N2O3. The summed E-state index contributed by atoms with van der Waals surface area (Å²) in [6.45, 7) is 2.42. The number of fused-ring (bicyclic) bond motifs is 3. The Morgan fingerprint density at radius 2 is 1.58 bits per heavy atom. The van der Waals surface area contributed by atoms with E-state index in [0.29, 0.717) is 6.61 Å². The van der Waals surface area contributed by atoms with E-state index in [1.165, 1.54) is 6.07 Å². The summed E-state index contributed by atoms with van der Waals surface area (Å²) in [5.41, 5.74) is 2.90. The number of benzene rings is 3. The molecule has 26 heavy (non-hydrogen) atoms. The molecule has 0 aliphatic rings. The Kier molecular flexibility index (Phi) is 4.14. The highest BCUT2D eigenvalue weighted by molar-refractivity contribution is 6.08. The van der Waals surface area contributed by atoms with Crippen molar-refractivity contribution in [3.05, 3.63) is 88.5 Å². The quantitative estimate of drug-likeness (QED) is 0.364. The highest BCUT2D eigenvalue weighted by Crippen LogP contribution is 2.35. The van der Waals surface area contributed by atoms with Gasteiger partial charge in [-0.05, 0) is 19.1 Å². The molecule has 5 nitrogen and oxygen atoms in total. The number of rotatable bonds is 5. The van der Waals surface area contributed by atoms with Crippen LogP contribution < -0.4 is 0 Å². The van der Waals surface area contributed by atoms with Gasteiger partial charge >= 0.3 is 0 Å². The van der Waals surface area contributed by atoms with E-state index in [1.807, 2.05) is 37.3 Å². The van der Waals surface area contributed by atoms with E-state index in [-0.39, 0.29) is 10.6 Å². The van der Waals surface area contributed by atoms with Crippen molar-refractivity contribution in [2.24, 2.45) is 0 Å². The van der Waals surface area contributed by atoms with Crippen LogP contribution in [0.15, 0.2) is 72.8 Å². The maximum Gasteiger partial charge on any atom is 0.269 e. The van der Waals surface area contributed by atoms with E-state index < -0.39 is 6.23 Å². The molecule has 1 heterocycles. The Morgan fingerprint density at radius 1 is 0.962 bits per heavy atom. The number of nitrogens with zero attached hydrogens (tertiary/aromatic N) is 2. The Labute approximate surface area is 150 Å². The fraction of sp³-hybridized carbons (Fsp3) is 0.143. The van der Waals surface area contributed by atoms with Crippen LogP contribution in [0.4, 0.5) is 5.69 Å². The van der Waals surface area contributed by atoms with Crippen LogP contribution in [0.3, 0.4) is 0 Å². The van der Waals surface area contributed by atoms with Crippen LogP contribution in [0.2, 0.25) is 0 Å². The second-order valence-electron chi connectivity index (χ2n) is 6.06. The van der Waals surface area contributed by atoms with Gasteiger partial charge in [-0.2, -0.15) is 0 Å². The van der Waals surface area contributed by atoms with Crippen molar-refractivity contribution in [2.75, 3.05) is 6.61 Å². The van der Waals surface area contributed by atoms with Gasteiger partial charge in [-0.15, -0.1) is 0 Å². The first kappa shape index (κ1) is 16.3. The van der Waals surface area contributed by atoms with Crippen LogP contribution in [0.1, 0.15) is 18.7 Å². The van der Waals surface area contributed by atoms with Crippen molar-refractivity contribution in [1.29, 1.82) is 0 Å². The van der Waals surface area contributed by atoms with Gasteiger partial charge in [-0.1, -0.05) is 48.5 Å². The lowest BCUT2D eigenvalue weighted by Gasteiger charge is -2.21. The van der Waals surface area contributed by atoms with Gasteiger partial charge in [0.2, 0.25) is 0 Å². The summed E-state index contributed by atoms with van der Waals surface area (Å²) in [6, 6.07) is 23.0. The first-order chi connectivity index (χ1) is 12.7. The van der Waals surface area contributed by atoms with Crippen molar-refractivity contribution in [1.82, 2.24) is 4.57 Å². The van der Waals surface area contributed by atoms with Gasteiger partial charge in [0, 0.05) is 35.1 Å². The molecule has 1 aromatic heterocycles. The molecule has 1 atom stereocenters. The van der Waals surface area contributed by atoms with Crippen LogP contribution in [0.25, 0.3) is 21.8 Å². The molecule has 0 spiro atoms. The zero-order chi connectivity index (χ0) is 18.1. The Balaban J connectivity index is 2.00. The van der Waals surface area contributed by atoms with Gasteiger partial charge in [0.25, 0.3) is 5.69 Å². The van der Waals surface area contributed by atoms with Crippen LogP contribution in [-0.2, 0) is 4.74 Å². The number of ether oxygens (including phenoxy) is 1. The van der Waals surface area contributed by atoms with E-state index >= 15 is 0 Å². The minimum Gasteiger partial charge on any atom is -0.354 e. The smallest absolute Gasteiger partial charge is 0.269 e. The topological polar surface area (TPSA) is 57.3 Å². The zero-order valence-electron chi connectivity index (χ0n) is 14.3. The average Bonchev–Trinajstić information content (AvgIpc) is 3.01. The molecule has 0 aliphatic carbocycles. The number of para-hydroxylation sites is 2. The number of nitro benzene ring substituents is 1. The predicted octanol–water partition coefficient (Wildman–Crippen LogP) is 5.29. The van der Waals surface area contributed by atoms with Crippen molar-refractivity contribution >= 4 is 27.5 Å². The standard InChI is InChI=1S/C21H18N2O3/c1-2-26-21(15-8-7-9-16(14-15)23(24)25)22-19-12-5-3-10-17(19)18-11-4-6-13-20(18)22/h3-14,21H,2H2,1H3. The van der Waals surface area contributed by atoms with E-state index in [2.05, 4.69) is 28.8 Å². The number of hydrogen-bond donors (Lipinski definition) is 0. The summed E-state index contributed by atoms with van der Waals surface area (Å²) in [7, 11) is 0. The monoisotopic (exact) mass is 346 g/mol. The lowest BCUT2D eigenvalue weighted by Crippen LogP contribution is -2.14. The lowest BCUT2D eigenvalue weighted by atomic mass is 10.1. The molecule has 4 aromatic rings. The van der Waals surface area contributed by atoms with E-state index in [1.54, 1.807) is 12.1 Å². The number of aromatic nitrogens is 1. The third kappa shape index (κ3) is 2.62. The SMILES string of the molecule is CCOC(c1cccc([N+](=O)[O-])c1)n1c2ccccc2c2ccccc21. The van der Waals surface area contributed by atoms with Gasteiger partial charge in [0.05, 0.1) is 16.0 Å². The van der Waals surface area contributed by atoms with Crippen LogP contribution >= 0.6 is 0 Å². The summed E-state index contributed by atoms with van der Waals surface area (Å²) in [5.74, 6) is 0. The normalized spacial score (nSPS) is 12.5. The Morgan fingerprint density at radius 3 is 2.15 bits per heavy atom. The molecule has 0 bridgehead atoms. The van der Waals surface area contributed by atoms with Gasteiger partial charge < -0.3 is 9.30 Å². The molecule has 0 saturated heterocycles. The summed E-state index contributed by atoms with van der Waals surface area (Å²) in [6.07, 6.45) is -0.440. The molecule has 0 saturated carbocycles. The van der Waals surface area contributed by atoms with Crippen molar-refractivity contribution in [3.8, 4) is 0 Å². The third-order valence-corrected chi connectivity index (χ3v) is 4.54. The maximum absolute atomic E-state index is 11.2. The molecule has 0 radical (unpaired) electrons. The Bertz CT molecular complexity index is 1050. The molecule has 0 aliphatic heterocycles. The van der Waals surface area contributed by atoms with Crippen molar-refractivity contribution < 1.29 is 9.66 Å². The molecule has 4 rings (SSSR count). The number of non-ortho nitro benzene ring substituents is 1. The fourth-order valence-electron chi connectivity index (χ4n) is 3.48. The number of nitro groups is 1. The summed E-state index contributed by atoms with van der Waals surface area (Å²) in [4.78, 5) is 10.8. The minimum atomic E-state index is -0.440. The van der Waals surface area contributed by atoms with Gasteiger partial charge in [0.15, 0.2) is 6.23 Å². The van der Waals surface area contributed by atoms with E-state index in [4.69, 9.17) is 4.74 Å². The minimum absolute atomic E-state index is 0.0629.